The van der Waals surface area contributed by atoms with E-state index in [0.717, 1.165) is 15.0 Å². The van der Waals surface area contributed by atoms with Gasteiger partial charge in [-0.1, -0.05) is 0 Å². The van der Waals surface area contributed by atoms with Crippen LogP contribution in [0.3, 0.4) is 0 Å². The Kier molecular flexibility index (Phi) is 4.16. The summed E-state index contributed by atoms with van der Waals surface area (Å²) in [6, 6.07) is 1.72. The first-order valence-electron chi connectivity index (χ1n) is 5.60. The molecular formula is C12H13BrN4OS. The highest BCUT2D eigenvalue weighted by atomic mass is 79.9. The molecule has 2 aromatic rings. The number of hydrogen-bond acceptors (Lipinski definition) is 5. The predicted molar refractivity (Wildman–Crippen MR) is 81.0 cm³/mol. The van der Waals surface area contributed by atoms with Crippen LogP contribution in [0, 0.1) is 13.8 Å². The Bertz CT molecular complexity index is 607. The van der Waals surface area contributed by atoms with Crippen LogP contribution in [0.4, 0.5) is 10.9 Å². The van der Waals surface area contributed by atoms with Crippen LogP contribution < -0.4 is 10.6 Å². The third-order valence-electron chi connectivity index (χ3n) is 2.58. The number of hydrogen-bond donors (Lipinski definition) is 2. The van der Waals surface area contributed by atoms with Crippen LogP contribution >= 0.6 is 27.3 Å². The van der Waals surface area contributed by atoms with E-state index in [2.05, 4.69) is 36.5 Å². The molecule has 2 heterocycles. The summed E-state index contributed by atoms with van der Waals surface area (Å²) in [4.78, 5) is 21.7. The van der Waals surface area contributed by atoms with Crippen molar-refractivity contribution in [1.29, 1.82) is 0 Å². The Morgan fingerprint density at radius 3 is 2.74 bits per heavy atom. The second-order valence-corrected chi connectivity index (χ2v) is 6.03. The molecule has 0 saturated carbocycles. The molecule has 2 N–H and O–H groups in total. The summed E-state index contributed by atoms with van der Waals surface area (Å²) in [7, 11) is 1.73. The van der Waals surface area contributed by atoms with E-state index in [9.17, 15) is 4.79 Å². The second-order valence-electron chi connectivity index (χ2n) is 3.91. The Labute approximate surface area is 123 Å². The first kappa shape index (κ1) is 14.0. The van der Waals surface area contributed by atoms with E-state index < -0.39 is 0 Å². The molecule has 2 rings (SSSR count). The van der Waals surface area contributed by atoms with Crippen LogP contribution in [0.2, 0.25) is 0 Å². The molecule has 19 heavy (non-hydrogen) atoms. The van der Waals surface area contributed by atoms with Crippen molar-refractivity contribution in [3.05, 3.63) is 32.9 Å². The van der Waals surface area contributed by atoms with Crippen LogP contribution in [0.15, 0.2) is 16.7 Å². The van der Waals surface area contributed by atoms with Crippen molar-refractivity contribution < 1.29 is 4.79 Å². The van der Waals surface area contributed by atoms with Crippen LogP contribution in [-0.2, 0) is 0 Å². The minimum absolute atomic E-state index is 0.230. The van der Waals surface area contributed by atoms with Crippen molar-refractivity contribution in [2.45, 2.75) is 13.8 Å². The summed E-state index contributed by atoms with van der Waals surface area (Å²) in [5, 5.41) is 6.28. The van der Waals surface area contributed by atoms with Gasteiger partial charge in [0.05, 0.1) is 11.3 Å². The molecule has 0 atom stereocenters. The zero-order valence-corrected chi connectivity index (χ0v) is 13.1. The summed E-state index contributed by atoms with van der Waals surface area (Å²) in [5.41, 5.74) is 1.41. The first-order chi connectivity index (χ1) is 9.01. The predicted octanol–water partition coefficient (Wildman–Crippen LogP) is 3.21. The monoisotopic (exact) mass is 340 g/mol. The maximum absolute atomic E-state index is 12.2. The van der Waals surface area contributed by atoms with Gasteiger partial charge >= 0.3 is 0 Å². The number of anilines is 2. The lowest BCUT2D eigenvalue weighted by Crippen LogP contribution is -2.14. The molecule has 0 unspecified atom stereocenters. The number of aromatic nitrogens is 2. The minimum Gasteiger partial charge on any atom is -0.372 e. The van der Waals surface area contributed by atoms with Crippen LogP contribution in [-0.4, -0.2) is 22.9 Å². The Hall–Kier alpha value is -1.47. The number of nitrogens with zero attached hydrogens (tertiary/aromatic N) is 2. The standard InChI is InChI=1S/C12H13BrN4OS/c1-6-7(2)19-12(16-6)17-11(18)9-4-8(13)5-15-10(9)14-3/h4-5H,1-3H3,(H,14,15)(H,16,17,18). The molecule has 0 aromatic carbocycles. The highest BCUT2D eigenvalue weighted by Gasteiger charge is 2.15. The summed E-state index contributed by atoms with van der Waals surface area (Å²) >= 11 is 4.77. The smallest absolute Gasteiger partial charge is 0.261 e. The third kappa shape index (κ3) is 3.10. The Morgan fingerprint density at radius 2 is 2.16 bits per heavy atom. The molecule has 7 heteroatoms. The van der Waals surface area contributed by atoms with Gasteiger partial charge in [0.1, 0.15) is 5.82 Å². The topological polar surface area (TPSA) is 66.9 Å². The zero-order valence-electron chi connectivity index (χ0n) is 10.7. The molecule has 0 spiro atoms. The van der Waals surface area contributed by atoms with Gasteiger partial charge in [-0.05, 0) is 35.8 Å². The number of nitrogens with one attached hydrogen (secondary N) is 2. The van der Waals surface area contributed by atoms with Gasteiger partial charge in [0.15, 0.2) is 5.13 Å². The number of rotatable bonds is 3. The Balaban J connectivity index is 2.27. The van der Waals surface area contributed by atoms with E-state index in [-0.39, 0.29) is 5.91 Å². The van der Waals surface area contributed by atoms with Crippen LogP contribution in [0.1, 0.15) is 20.9 Å². The fraction of sp³-hybridized carbons (Fsp3) is 0.250. The minimum atomic E-state index is -0.230. The van der Waals surface area contributed by atoms with Gasteiger partial charge in [-0.15, -0.1) is 11.3 Å². The summed E-state index contributed by atoms with van der Waals surface area (Å²) in [6.45, 7) is 3.89. The van der Waals surface area contributed by atoms with Gasteiger partial charge in [0.25, 0.3) is 5.91 Å². The van der Waals surface area contributed by atoms with E-state index in [1.54, 1.807) is 19.3 Å². The van der Waals surface area contributed by atoms with Crippen molar-refractivity contribution in [3.63, 3.8) is 0 Å². The lowest BCUT2D eigenvalue weighted by molar-refractivity contribution is 0.102. The van der Waals surface area contributed by atoms with Crippen molar-refractivity contribution in [2.75, 3.05) is 17.7 Å². The first-order valence-corrected chi connectivity index (χ1v) is 7.21. The van der Waals surface area contributed by atoms with Crippen molar-refractivity contribution in [3.8, 4) is 0 Å². The lowest BCUT2D eigenvalue weighted by atomic mass is 10.2. The van der Waals surface area contributed by atoms with Gasteiger partial charge in [0, 0.05) is 22.6 Å². The fourth-order valence-electron chi connectivity index (χ4n) is 1.50. The third-order valence-corrected chi connectivity index (χ3v) is 4.01. The number of carbonyl (C=O) groups excluding carboxylic acids is 1. The highest BCUT2D eigenvalue weighted by Crippen LogP contribution is 2.23. The molecule has 1 amide bonds. The van der Waals surface area contributed by atoms with Gasteiger partial charge in [-0.25, -0.2) is 9.97 Å². The Morgan fingerprint density at radius 1 is 1.42 bits per heavy atom. The highest BCUT2D eigenvalue weighted by molar-refractivity contribution is 9.10. The molecule has 2 aromatic heterocycles. The molecule has 0 aliphatic heterocycles. The van der Waals surface area contributed by atoms with Crippen molar-refractivity contribution in [1.82, 2.24) is 9.97 Å². The van der Waals surface area contributed by atoms with Crippen molar-refractivity contribution >= 4 is 44.1 Å². The molecule has 5 nitrogen and oxygen atoms in total. The summed E-state index contributed by atoms with van der Waals surface area (Å²) < 4.78 is 0.753. The van der Waals surface area contributed by atoms with Crippen molar-refractivity contribution in [2.24, 2.45) is 0 Å². The average Bonchev–Trinajstić information content (AvgIpc) is 2.68. The molecule has 0 saturated heterocycles. The molecule has 0 bridgehead atoms. The van der Waals surface area contributed by atoms with E-state index in [0.29, 0.717) is 16.5 Å². The maximum Gasteiger partial charge on any atom is 0.261 e. The fourth-order valence-corrected chi connectivity index (χ4v) is 2.64. The molecule has 0 fully saturated rings. The van der Waals surface area contributed by atoms with E-state index >= 15 is 0 Å². The second kappa shape index (κ2) is 5.66. The van der Waals surface area contributed by atoms with E-state index in [1.165, 1.54) is 11.3 Å². The van der Waals surface area contributed by atoms with Crippen LogP contribution in [0.5, 0.6) is 0 Å². The van der Waals surface area contributed by atoms with Gasteiger partial charge in [-0.2, -0.15) is 0 Å². The molecule has 0 aliphatic carbocycles. The molecule has 100 valence electrons. The average molecular weight is 341 g/mol. The number of carbonyl (C=O) groups is 1. The van der Waals surface area contributed by atoms with Gasteiger partial charge < -0.3 is 5.32 Å². The number of halogens is 1. The number of amides is 1. The zero-order chi connectivity index (χ0) is 14.0. The molecule has 0 radical (unpaired) electrons. The normalized spacial score (nSPS) is 10.3. The molecule has 0 aliphatic rings. The van der Waals surface area contributed by atoms with Gasteiger partial charge in [0.2, 0.25) is 0 Å². The van der Waals surface area contributed by atoms with E-state index in [1.807, 2.05) is 13.8 Å². The summed E-state index contributed by atoms with van der Waals surface area (Å²) in [5.74, 6) is 0.303. The van der Waals surface area contributed by atoms with Gasteiger partial charge in [-0.3, -0.25) is 10.1 Å². The number of thiazole rings is 1. The maximum atomic E-state index is 12.2. The molecular weight excluding hydrogens is 328 g/mol. The largest absolute Gasteiger partial charge is 0.372 e. The summed E-state index contributed by atoms with van der Waals surface area (Å²) in [6.07, 6.45) is 1.64. The lowest BCUT2D eigenvalue weighted by Gasteiger charge is -2.07. The van der Waals surface area contributed by atoms with E-state index in [4.69, 9.17) is 0 Å². The number of pyridine rings is 1. The SMILES string of the molecule is CNc1ncc(Br)cc1C(=O)Nc1nc(C)c(C)s1. The number of aryl methyl sites for hydroxylation is 2. The van der Waals surface area contributed by atoms with Crippen LogP contribution in [0.25, 0.3) is 0 Å². The quantitative estimate of drug-likeness (QED) is 0.900.